The van der Waals surface area contributed by atoms with E-state index in [0.717, 1.165) is 12.8 Å². The lowest BCUT2D eigenvalue weighted by Crippen LogP contribution is -2.25. The average Bonchev–Trinajstić information content (AvgIpc) is 2.60. The monoisotopic (exact) mass is 353 g/mol. The summed E-state index contributed by atoms with van der Waals surface area (Å²) in [5, 5.41) is 2.95. The summed E-state index contributed by atoms with van der Waals surface area (Å²) in [7, 11) is 2.95. The van der Waals surface area contributed by atoms with Gasteiger partial charge < -0.3 is 19.5 Å². The molecule has 0 saturated carbocycles. The van der Waals surface area contributed by atoms with Crippen LogP contribution in [0.5, 0.6) is 11.5 Å². The van der Waals surface area contributed by atoms with E-state index in [9.17, 15) is 9.59 Å². The molecule has 6 nitrogen and oxygen atoms in total. The highest BCUT2D eigenvalue weighted by Crippen LogP contribution is 2.35. The van der Waals surface area contributed by atoms with Crippen LogP contribution < -0.4 is 14.8 Å². The molecule has 0 aromatic heterocycles. The molecule has 1 aliphatic rings. The summed E-state index contributed by atoms with van der Waals surface area (Å²) in [5.41, 5.74) is 0.380. The van der Waals surface area contributed by atoms with Crippen molar-refractivity contribution in [2.45, 2.75) is 19.3 Å². The molecule has 0 bridgehead atoms. The summed E-state index contributed by atoms with van der Waals surface area (Å²) in [4.78, 5) is 23.9. The van der Waals surface area contributed by atoms with Gasteiger partial charge in [-0.2, -0.15) is 0 Å². The van der Waals surface area contributed by atoms with E-state index in [0.29, 0.717) is 28.6 Å². The zero-order valence-electron chi connectivity index (χ0n) is 13.6. The fourth-order valence-corrected chi connectivity index (χ4v) is 2.65. The summed E-state index contributed by atoms with van der Waals surface area (Å²) in [5.74, 6) is -0.159. The van der Waals surface area contributed by atoms with Crippen molar-refractivity contribution in [3.05, 3.63) is 29.3 Å². The predicted octanol–water partition coefficient (Wildman–Crippen LogP) is 3.20. The van der Waals surface area contributed by atoms with Gasteiger partial charge in [-0.25, -0.2) is 0 Å². The highest BCUT2D eigenvalue weighted by atomic mass is 35.5. The first-order valence-corrected chi connectivity index (χ1v) is 7.96. The number of amides is 1. The topological polar surface area (TPSA) is 73.9 Å². The lowest BCUT2D eigenvalue weighted by Gasteiger charge is -2.16. The van der Waals surface area contributed by atoms with Gasteiger partial charge in [0.1, 0.15) is 11.5 Å². The predicted molar refractivity (Wildman–Crippen MR) is 90.6 cm³/mol. The van der Waals surface area contributed by atoms with Gasteiger partial charge in [0.15, 0.2) is 6.61 Å². The Bertz CT molecular complexity index is 644. The van der Waals surface area contributed by atoms with Crippen molar-refractivity contribution in [3.8, 4) is 11.5 Å². The van der Waals surface area contributed by atoms with Crippen LogP contribution in [-0.4, -0.2) is 32.7 Å². The third-order valence-corrected chi connectivity index (χ3v) is 3.99. The number of nitrogens with one attached hydrogen (secondary N) is 1. The molecule has 0 saturated heterocycles. The number of carbonyl (C=O) groups is 2. The third kappa shape index (κ3) is 4.64. The second-order valence-electron chi connectivity index (χ2n) is 5.32. The Morgan fingerprint density at radius 2 is 1.96 bits per heavy atom. The second-order valence-corrected chi connectivity index (χ2v) is 5.73. The van der Waals surface area contributed by atoms with Gasteiger partial charge in [-0.1, -0.05) is 23.8 Å². The molecule has 1 aromatic carbocycles. The van der Waals surface area contributed by atoms with Gasteiger partial charge in [0.2, 0.25) is 0 Å². The molecule has 1 unspecified atom stereocenters. The number of rotatable bonds is 6. The molecule has 0 fully saturated rings. The number of hydrogen-bond acceptors (Lipinski definition) is 5. The summed E-state index contributed by atoms with van der Waals surface area (Å²) < 4.78 is 15.4. The molecule has 1 amide bonds. The standard InChI is InChI=1S/C17H20ClNO5/c1-22-14-9-15(23-2)13(8-12(14)18)19-16(20)10-24-17(21)11-6-4-3-5-7-11/h3-4,8-9,11H,5-7,10H2,1-2H3,(H,19,20). The smallest absolute Gasteiger partial charge is 0.309 e. The van der Waals surface area contributed by atoms with E-state index < -0.39 is 5.91 Å². The summed E-state index contributed by atoms with van der Waals surface area (Å²) in [6.45, 7) is -0.355. The minimum absolute atomic E-state index is 0.173. The Morgan fingerprint density at radius 1 is 1.21 bits per heavy atom. The van der Waals surface area contributed by atoms with Crippen molar-refractivity contribution in [2.24, 2.45) is 5.92 Å². The molecular weight excluding hydrogens is 334 g/mol. The number of esters is 1. The van der Waals surface area contributed by atoms with Crippen molar-refractivity contribution in [3.63, 3.8) is 0 Å². The van der Waals surface area contributed by atoms with E-state index in [1.165, 1.54) is 20.3 Å². The van der Waals surface area contributed by atoms with Gasteiger partial charge in [-0.3, -0.25) is 9.59 Å². The Balaban J connectivity index is 1.93. The van der Waals surface area contributed by atoms with Gasteiger partial charge in [0, 0.05) is 6.07 Å². The fraction of sp³-hybridized carbons (Fsp3) is 0.412. The van der Waals surface area contributed by atoms with Crippen LogP contribution in [0.25, 0.3) is 0 Å². The molecule has 7 heteroatoms. The summed E-state index contributed by atoms with van der Waals surface area (Å²) >= 11 is 6.05. The molecule has 0 radical (unpaired) electrons. The lowest BCUT2D eigenvalue weighted by atomic mass is 9.95. The summed E-state index contributed by atoms with van der Waals surface area (Å²) in [6, 6.07) is 3.09. The summed E-state index contributed by atoms with van der Waals surface area (Å²) in [6.07, 6.45) is 6.25. The maximum absolute atomic E-state index is 12.0. The van der Waals surface area contributed by atoms with Crippen LogP contribution in [0.4, 0.5) is 5.69 Å². The van der Waals surface area contributed by atoms with Crippen LogP contribution >= 0.6 is 11.6 Å². The highest BCUT2D eigenvalue weighted by molar-refractivity contribution is 6.32. The quantitative estimate of drug-likeness (QED) is 0.628. The number of hydrogen-bond donors (Lipinski definition) is 1. The van der Waals surface area contributed by atoms with Gasteiger partial charge in [0.25, 0.3) is 5.91 Å². The minimum Gasteiger partial charge on any atom is -0.495 e. The number of ether oxygens (including phenoxy) is 3. The SMILES string of the molecule is COc1cc(OC)c(NC(=O)COC(=O)C2CC=CCC2)cc1Cl. The second kappa shape index (κ2) is 8.59. The van der Waals surface area contributed by atoms with E-state index in [-0.39, 0.29) is 18.5 Å². The lowest BCUT2D eigenvalue weighted by molar-refractivity contribution is -0.151. The van der Waals surface area contributed by atoms with Crippen molar-refractivity contribution in [1.29, 1.82) is 0 Å². The maximum Gasteiger partial charge on any atom is 0.309 e. The van der Waals surface area contributed by atoms with E-state index in [1.807, 2.05) is 12.2 Å². The number of halogens is 1. The zero-order chi connectivity index (χ0) is 17.5. The first-order chi connectivity index (χ1) is 11.5. The first-order valence-electron chi connectivity index (χ1n) is 7.58. The van der Waals surface area contributed by atoms with Crippen molar-refractivity contribution in [2.75, 3.05) is 26.1 Å². The highest BCUT2D eigenvalue weighted by Gasteiger charge is 2.21. The van der Waals surface area contributed by atoms with Crippen LogP contribution in [-0.2, 0) is 14.3 Å². The molecule has 1 N–H and O–H groups in total. The van der Waals surface area contributed by atoms with E-state index in [1.54, 1.807) is 6.07 Å². The molecule has 1 aromatic rings. The van der Waals surface area contributed by atoms with E-state index in [4.69, 9.17) is 25.8 Å². The van der Waals surface area contributed by atoms with Crippen LogP contribution in [0.1, 0.15) is 19.3 Å². The molecular formula is C17H20ClNO5. The number of carbonyl (C=O) groups excluding carboxylic acids is 2. The maximum atomic E-state index is 12.0. The van der Waals surface area contributed by atoms with Crippen molar-refractivity contribution in [1.82, 2.24) is 0 Å². The van der Waals surface area contributed by atoms with Gasteiger partial charge in [-0.15, -0.1) is 0 Å². The molecule has 24 heavy (non-hydrogen) atoms. The van der Waals surface area contributed by atoms with Crippen LogP contribution in [0, 0.1) is 5.92 Å². The fourth-order valence-electron chi connectivity index (χ4n) is 2.41. The Kier molecular flexibility index (Phi) is 6.49. The molecule has 0 aliphatic heterocycles. The first kappa shape index (κ1) is 18.1. The van der Waals surface area contributed by atoms with Crippen LogP contribution in [0.15, 0.2) is 24.3 Å². The zero-order valence-corrected chi connectivity index (χ0v) is 14.4. The Morgan fingerprint density at radius 3 is 2.58 bits per heavy atom. The van der Waals surface area contributed by atoms with Crippen LogP contribution in [0.3, 0.4) is 0 Å². The number of benzene rings is 1. The molecule has 2 rings (SSSR count). The molecule has 1 aliphatic carbocycles. The van der Waals surface area contributed by atoms with Crippen molar-refractivity contribution >= 4 is 29.2 Å². The number of anilines is 1. The average molecular weight is 354 g/mol. The molecule has 1 atom stereocenters. The Labute approximate surface area is 145 Å². The number of methoxy groups -OCH3 is 2. The molecule has 0 heterocycles. The normalized spacial score (nSPS) is 16.4. The minimum atomic E-state index is -0.464. The molecule has 0 spiro atoms. The van der Waals surface area contributed by atoms with Crippen LogP contribution in [0.2, 0.25) is 5.02 Å². The van der Waals surface area contributed by atoms with Gasteiger partial charge in [-0.05, 0) is 25.3 Å². The third-order valence-electron chi connectivity index (χ3n) is 3.70. The van der Waals surface area contributed by atoms with Crippen molar-refractivity contribution < 1.29 is 23.8 Å². The van der Waals surface area contributed by atoms with Gasteiger partial charge >= 0.3 is 5.97 Å². The number of allylic oxidation sites excluding steroid dienone is 2. The van der Waals surface area contributed by atoms with E-state index in [2.05, 4.69) is 5.32 Å². The van der Waals surface area contributed by atoms with E-state index >= 15 is 0 Å². The van der Waals surface area contributed by atoms with Gasteiger partial charge in [0.05, 0.1) is 30.8 Å². The Hall–Kier alpha value is -2.21. The largest absolute Gasteiger partial charge is 0.495 e. The molecule has 130 valence electrons.